The molecule has 34 heavy (non-hydrogen) atoms. The summed E-state index contributed by atoms with van der Waals surface area (Å²) in [5, 5.41) is 17.5. The Morgan fingerprint density at radius 2 is 1.88 bits per heavy atom. The van der Waals surface area contributed by atoms with Gasteiger partial charge in [-0.1, -0.05) is 23.7 Å². The second-order valence-corrected chi connectivity index (χ2v) is 11.0. The van der Waals surface area contributed by atoms with E-state index in [1.54, 1.807) is 24.5 Å². The van der Waals surface area contributed by atoms with E-state index >= 15 is 0 Å². The summed E-state index contributed by atoms with van der Waals surface area (Å²) < 4.78 is 11.2. The van der Waals surface area contributed by atoms with Gasteiger partial charge in [0, 0.05) is 11.4 Å². The number of hydrogen-bond acceptors (Lipinski definition) is 6. The molecule has 0 spiro atoms. The fourth-order valence-electron chi connectivity index (χ4n) is 7.06. The van der Waals surface area contributed by atoms with Gasteiger partial charge in [-0.2, -0.15) is 5.10 Å². The van der Waals surface area contributed by atoms with E-state index in [-0.39, 0.29) is 12.6 Å². The Kier molecular flexibility index (Phi) is 5.12. The van der Waals surface area contributed by atoms with Gasteiger partial charge in [-0.05, 0) is 80.2 Å². The first-order valence-corrected chi connectivity index (χ1v) is 12.3. The molecule has 7 nitrogen and oxygen atoms in total. The molecule has 2 aromatic rings. The predicted octanol–water partition coefficient (Wildman–Crippen LogP) is 4.49. The number of carbonyl (C=O) groups is 2. The minimum absolute atomic E-state index is 0.357. The van der Waals surface area contributed by atoms with E-state index in [9.17, 15) is 14.7 Å². The molecule has 4 fully saturated rings. The number of halogens is 1. The van der Waals surface area contributed by atoms with Gasteiger partial charge >= 0.3 is 5.97 Å². The lowest BCUT2D eigenvalue weighted by atomic mass is 9.48. The van der Waals surface area contributed by atoms with E-state index in [0.29, 0.717) is 35.5 Å². The molecule has 0 saturated heterocycles. The smallest absolute Gasteiger partial charge is 0.312 e. The molecular formula is C26H27ClN2O5. The van der Waals surface area contributed by atoms with Crippen LogP contribution in [0, 0.1) is 17.3 Å². The number of esters is 1. The maximum atomic E-state index is 13.2. The van der Waals surface area contributed by atoms with E-state index in [1.807, 2.05) is 18.2 Å². The Labute approximate surface area is 202 Å². The Morgan fingerprint density at radius 1 is 1.15 bits per heavy atom. The van der Waals surface area contributed by atoms with E-state index < -0.39 is 23.0 Å². The van der Waals surface area contributed by atoms with Crippen molar-refractivity contribution in [2.75, 3.05) is 6.61 Å². The fraction of sp³-hybridized carbons (Fsp3) is 0.500. The summed E-state index contributed by atoms with van der Waals surface area (Å²) in [6, 6.07) is 10.5. The van der Waals surface area contributed by atoms with Gasteiger partial charge in [0.05, 0.1) is 23.0 Å². The first kappa shape index (κ1) is 21.9. The van der Waals surface area contributed by atoms with Crippen molar-refractivity contribution in [2.24, 2.45) is 22.4 Å². The number of carbonyl (C=O) groups excluding carboxylic acids is 2. The van der Waals surface area contributed by atoms with Crippen molar-refractivity contribution in [3.8, 4) is 0 Å². The number of rotatable bonds is 5. The van der Waals surface area contributed by atoms with Crippen LogP contribution in [0.25, 0.3) is 0 Å². The highest BCUT2D eigenvalue weighted by Gasteiger charge is 2.61. The van der Waals surface area contributed by atoms with Gasteiger partial charge in [0.2, 0.25) is 0 Å². The minimum Gasteiger partial charge on any atom is -0.467 e. The SMILES string of the molecule is O=C(COC(=O)C12C[C@@H]3C[C@@H](CC(O)(C3)C1)C2)N1N=C(c2ccc(Cl)cc2)C[C@@H]1c1ccco1. The maximum Gasteiger partial charge on any atom is 0.312 e. The van der Waals surface area contributed by atoms with Crippen LogP contribution in [0.2, 0.25) is 5.02 Å². The van der Waals surface area contributed by atoms with Crippen LogP contribution in [-0.4, -0.2) is 39.9 Å². The van der Waals surface area contributed by atoms with Crippen LogP contribution >= 0.6 is 11.6 Å². The van der Waals surface area contributed by atoms with Crippen LogP contribution in [0.1, 0.15) is 62.3 Å². The molecule has 1 aliphatic heterocycles. The molecule has 7 rings (SSSR count). The summed E-state index contributed by atoms with van der Waals surface area (Å²) >= 11 is 6.02. The van der Waals surface area contributed by atoms with Gasteiger partial charge in [-0.15, -0.1) is 0 Å². The van der Waals surface area contributed by atoms with Crippen LogP contribution in [0.4, 0.5) is 0 Å². The van der Waals surface area contributed by atoms with Crippen molar-refractivity contribution in [3.63, 3.8) is 0 Å². The lowest BCUT2D eigenvalue weighted by Gasteiger charge is -2.58. The molecule has 1 aromatic carbocycles. The normalized spacial score (nSPS) is 33.8. The van der Waals surface area contributed by atoms with Crippen LogP contribution in [0.5, 0.6) is 0 Å². The topological polar surface area (TPSA) is 92.3 Å². The molecule has 8 heteroatoms. The van der Waals surface area contributed by atoms with Gasteiger partial charge in [0.15, 0.2) is 6.61 Å². The first-order valence-electron chi connectivity index (χ1n) is 11.9. The summed E-state index contributed by atoms with van der Waals surface area (Å²) in [7, 11) is 0. The first-order chi connectivity index (χ1) is 16.3. The molecule has 2 heterocycles. The molecule has 2 unspecified atom stereocenters. The maximum absolute atomic E-state index is 13.2. The molecule has 4 bridgehead atoms. The van der Waals surface area contributed by atoms with E-state index in [1.165, 1.54) is 5.01 Å². The van der Waals surface area contributed by atoms with Gasteiger partial charge in [0.1, 0.15) is 11.8 Å². The number of nitrogens with zero attached hydrogens (tertiary/aromatic N) is 2. The zero-order valence-corrected chi connectivity index (χ0v) is 19.5. The summed E-state index contributed by atoms with van der Waals surface area (Å²) in [5.74, 6) is 0.591. The largest absolute Gasteiger partial charge is 0.467 e. The summed E-state index contributed by atoms with van der Waals surface area (Å²) in [6.45, 7) is -0.386. The quantitative estimate of drug-likeness (QED) is 0.634. The number of ether oxygens (including phenoxy) is 1. The average molecular weight is 483 g/mol. The molecule has 5 aliphatic rings. The summed E-state index contributed by atoms with van der Waals surface area (Å²) in [6.07, 6.45) is 6.61. The van der Waals surface area contributed by atoms with Gasteiger partial charge in [-0.25, -0.2) is 5.01 Å². The molecule has 1 amide bonds. The molecule has 1 aromatic heterocycles. The Balaban J connectivity index is 1.18. The van der Waals surface area contributed by atoms with Crippen molar-refractivity contribution >= 4 is 29.2 Å². The standard InChI is InChI=1S/C26H27ClN2O5/c27-19-5-3-18(4-6-19)20-9-21(22-2-1-7-33-22)29(28-20)23(30)14-34-24(31)25-10-16-8-17(11-25)13-26(32,12-16)15-25/h1-7,16-17,21,32H,8-15H2/t16-,17+,21-,25?,26?/m1/s1. The number of amides is 1. The summed E-state index contributed by atoms with van der Waals surface area (Å²) in [5.41, 5.74) is 0.183. The zero-order chi connectivity index (χ0) is 23.5. The van der Waals surface area contributed by atoms with Gasteiger partial charge in [-0.3, -0.25) is 9.59 Å². The van der Waals surface area contributed by atoms with Crippen LogP contribution < -0.4 is 0 Å². The monoisotopic (exact) mass is 482 g/mol. The Morgan fingerprint density at radius 3 is 2.53 bits per heavy atom. The third-order valence-electron chi connectivity index (χ3n) is 8.00. The molecule has 0 radical (unpaired) electrons. The van der Waals surface area contributed by atoms with Crippen molar-refractivity contribution < 1.29 is 23.8 Å². The molecule has 5 atom stereocenters. The number of hydrogen-bond donors (Lipinski definition) is 1. The van der Waals surface area contributed by atoms with E-state index in [0.717, 1.165) is 43.4 Å². The van der Waals surface area contributed by atoms with Crippen LogP contribution in [-0.2, 0) is 14.3 Å². The second-order valence-electron chi connectivity index (χ2n) is 10.6. The Bertz CT molecular complexity index is 1130. The third kappa shape index (κ3) is 3.75. The fourth-order valence-corrected chi connectivity index (χ4v) is 7.19. The van der Waals surface area contributed by atoms with E-state index in [4.69, 9.17) is 20.8 Å². The number of aliphatic hydroxyl groups is 1. The highest BCUT2D eigenvalue weighted by atomic mass is 35.5. The highest BCUT2D eigenvalue weighted by Crippen LogP contribution is 2.62. The lowest BCUT2D eigenvalue weighted by Crippen LogP contribution is -2.58. The number of furan rings is 1. The minimum atomic E-state index is -0.760. The molecular weight excluding hydrogens is 456 g/mol. The molecule has 4 saturated carbocycles. The van der Waals surface area contributed by atoms with E-state index in [2.05, 4.69) is 5.10 Å². The van der Waals surface area contributed by atoms with Crippen molar-refractivity contribution in [2.45, 2.75) is 56.6 Å². The summed E-state index contributed by atoms with van der Waals surface area (Å²) in [4.78, 5) is 26.4. The van der Waals surface area contributed by atoms with Gasteiger partial charge in [0.25, 0.3) is 5.91 Å². The molecule has 1 N–H and O–H groups in total. The Hall–Kier alpha value is -2.64. The number of hydrazone groups is 1. The highest BCUT2D eigenvalue weighted by molar-refractivity contribution is 6.30. The van der Waals surface area contributed by atoms with Crippen molar-refractivity contribution in [3.05, 3.63) is 59.0 Å². The molecule has 4 aliphatic carbocycles. The second kappa shape index (κ2) is 7.95. The van der Waals surface area contributed by atoms with Gasteiger partial charge < -0.3 is 14.3 Å². The molecule has 178 valence electrons. The lowest BCUT2D eigenvalue weighted by molar-refractivity contribution is -0.197. The average Bonchev–Trinajstić information content (AvgIpc) is 3.46. The van der Waals surface area contributed by atoms with Crippen molar-refractivity contribution in [1.82, 2.24) is 5.01 Å². The van der Waals surface area contributed by atoms with Crippen molar-refractivity contribution in [1.29, 1.82) is 0 Å². The van der Waals surface area contributed by atoms with Crippen LogP contribution in [0.3, 0.4) is 0 Å². The zero-order valence-electron chi connectivity index (χ0n) is 18.8. The van der Waals surface area contributed by atoms with Crippen LogP contribution in [0.15, 0.2) is 52.2 Å². The number of benzene rings is 1. The third-order valence-corrected chi connectivity index (χ3v) is 8.26. The predicted molar refractivity (Wildman–Crippen MR) is 124 cm³/mol.